The fraction of sp³-hybridized carbons (Fsp3) is 0.125. The number of aryl methyl sites for hydroxylation is 2. The molecule has 0 saturated carbocycles. The molecule has 0 unspecified atom stereocenters. The van der Waals surface area contributed by atoms with Crippen LogP contribution in [-0.2, 0) is 7.05 Å². The fourth-order valence-electron chi connectivity index (χ4n) is 2.07. The van der Waals surface area contributed by atoms with Crippen molar-refractivity contribution in [2.24, 2.45) is 7.05 Å². The number of nitrogens with zero attached hydrogens (tertiary/aromatic N) is 5. The number of benzene rings is 1. The van der Waals surface area contributed by atoms with E-state index in [2.05, 4.69) is 26.7 Å². The minimum atomic E-state index is 0.465. The molecule has 2 heterocycles. The maximum Gasteiger partial charge on any atom is 0.154 e. The molecule has 0 saturated heterocycles. The third-order valence-electron chi connectivity index (χ3n) is 3.32. The second-order valence-corrected chi connectivity index (χ2v) is 4.94. The van der Waals surface area contributed by atoms with Gasteiger partial charge in [0, 0.05) is 12.6 Å². The van der Waals surface area contributed by atoms with Crippen LogP contribution in [0.15, 0.2) is 42.6 Å². The third-order valence-corrected chi connectivity index (χ3v) is 3.32. The van der Waals surface area contributed by atoms with E-state index in [-0.39, 0.29) is 0 Å². The Hall–Kier alpha value is -3.20. The molecule has 1 aromatic carbocycles. The van der Waals surface area contributed by atoms with E-state index in [0.717, 1.165) is 11.3 Å². The monoisotopic (exact) mass is 290 g/mol. The molecule has 2 aromatic heterocycles. The van der Waals surface area contributed by atoms with Gasteiger partial charge in [-0.05, 0) is 19.1 Å². The average molecular weight is 290 g/mol. The van der Waals surface area contributed by atoms with Crippen LogP contribution in [-0.4, -0.2) is 20.0 Å². The molecule has 0 spiro atoms. The highest BCUT2D eigenvalue weighted by atomic mass is 15.3. The van der Waals surface area contributed by atoms with Gasteiger partial charge in [0.15, 0.2) is 5.82 Å². The maximum atomic E-state index is 9.05. The van der Waals surface area contributed by atoms with Gasteiger partial charge in [-0.1, -0.05) is 29.8 Å². The standard InChI is InChI=1S/C16H14N6/c1-11-3-5-12(6-4-11)14-7-8-15(21-20-14)19-16-13(9-17)10-18-22(16)2/h3-8,10H,1-2H3,(H,19,21). The second kappa shape index (κ2) is 5.66. The van der Waals surface area contributed by atoms with Crippen LogP contribution in [0, 0.1) is 18.3 Å². The van der Waals surface area contributed by atoms with E-state index in [1.54, 1.807) is 11.7 Å². The van der Waals surface area contributed by atoms with Crippen molar-refractivity contribution in [3.8, 4) is 17.3 Å². The first-order chi connectivity index (χ1) is 10.7. The largest absolute Gasteiger partial charge is 0.323 e. The number of nitrogens with one attached hydrogen (secondary N) is 1. The molecule has 0 amide bonds. The molecule has 0 atom stereocenters. The minimum Gasteiger partial charge on any atom is -0.323 e. The van der Waals surface area contributed by atoms with Crippen molar-refractivity contribution in [2.45, 2.75) is 6.92 Å². The molecule has 0 aliphatic carbocycles. The smallest absolute Gasteiger partial charge is 0.154 e. The summed E-state index contributed by atoms with van der Waals surface area (Å²) in [6.45, 7) is 2.04. The van der Waals surface area contributed by atoms with Gasteiger partial charge in [0.25, 0.3) is 0 Å². The number of aromatic nitrogens is 4. The van der Waals surface area contributed by atoms with E-state index in [4.69, 9.17) is 5.26 Å². The molecule has 22 heavy (non-hydrogen) atoms. The van der Waals surface area contributed by atoms with E-state index >= 15 is 0 Å². The first kappa shape index (κ1) is 13.8. The Kier molecular flexibility index (Phi) is 3.54. The lowest BCUT2D eigenvalue weighted by molar-refractivity contribution is 0.775. The van der Waals surface area contributed by atoms with Gasteiger partial charge in [-0.25, -0.2) is 0 Å². The van der Waals surface area contributed by atoms with Crippen LogP contribution in [0.2, 0.25) is 0 Å². The number of hydrogen-bond acceptors (Lipinski definition) is 5. The zero-order chi connectivity index (χ0) is 15.5. The predicted molar refractivity (Wildman–Crippen MR) is 83.4 cm³/mol. The average Bonchev–Trinajstić information content (AvgIpc) is 2.89. The van der Waals surface area contributed by atoms with Crippen molar-refractivity contribution in [3.63, 3.8) is 0 Å². The topological polar surface area (TPSA) is 79.4 Å². The van der Waals surface area contributed by atoms with Crippen molar-refractivity contribution in [1.82, 2.24) is 20.0 Å². The Balaban J connectivity index is 1.84. The van der Waals surface area contributed by atoms with E-state index in [9.17, 15) is 0 Å². The van der Waals surface area contributed by atoms with E-state index in [1.165, 1.54) is 11.8 Å². The van der Waals surface area contributed by atoms with E-state index in [1.807, 2.05) is 43.3 Å². The number of anilines is 2. The van der Waals surface area contributed by atoms with Crippen LogP contribution in [0.1, 0.15) is 11.1 Å². The summed E-state index contributed by atoms with van der Waals surface area (Å²) in [6, 6.07) is 13.9. The number of hydrogen-bond donors (Lipinski definition) is 1. The molecule has 0 aliphatic heterocycles. The molecule has 3 aromatic rings. The lowest BCUT2D eigenvalue weighted by Gasteiger charge is -2.06. The molecular formula is C16H14N6. The maximum absolute atomic E-state index is 9.05. The molecule has 6 heteroatoms. The summed E-state index contributed by atoms with van der Waals surface area (Å²) in [6.07, 6.45) is 1.51. The Bertz CT molecular complexity index is 825. The van der Waals surface area contributed by atoms with Crippen LogP contribution >= 0.6 is 0 Å². The van der Waals surface area contributed by atoms with Gasteiger partial charge in [-0.3, -0.25) is 4.68 Å². The molecular weight excluding hydrogens is 276 g/mol. The zero-order valence-corrected chi connectivity index (χ0v) is 12.3. The highest BCUT2D eigenvalue weighted by Crippen LogP contribution is 2.20. The van der Waals surface area contributed by atoms with Crippen molar-refractivity contribution in [2.75, 3.05) is 5.32 Å². The molecule has 0 radical (unpaired) electrons. The molecule has 1 N–H and O–H groups in total. The number of nitriles is 1. The summed E-state index contributed by atoms with van der Waals surface area (Å²) in [5.41, 5.74) is 3.49. The summed E-state index contributed by atoms with van der Waals surface area (Å²) < 4.78 is 1.59. The van der Waals surface area contributed by atoms with Gasteiger partial charge in [-0.2, -0.15) is 10.4 Å². The molecule has 3 rings (SSSR count). The molecule has 108 valence electrons. The van der Waals surface area contributed by atoms with E-state index < -0.39 is 0 Å². The van der Waals surface area contributed by atoms with Gasteiger partial charge in [-0.15, -0.1) is 10.2 Å². The lowest BCUT2D eigenvalue weighted by Crippen LogP contribution is -2.03. The Morgan fingerprint density at radius 2 is 1.86 bits per heavy atom. The van der Waals surface area contributed by atoms with Gasteiger partial charge >= 0.3 is 0 Å². The quantitative estimate of drug-likeness (QED) is 0.802. The normalized spacial score (nSPS) is 10.2. The van der Waals surface area contributed by atoms with Crippen LogP contribution in [0.4, 0.5) is 11.6 Å². The van der Waals surface area contributed by atoms with Crippen molar-refractivity contribution in [1.29, 1.82) is 5.26 Å². The Morgan fingerprint density at radius 1 is 1.09 bits per heavy atom. The summed E-state index contributed by atoms with van der Waals surface area (Å²) in [5, 5.41) is 24.5. The molecule has 0 bridgehead atoms. The Labute approximate surface area is 128 Å². The van der Waals surface area contributed by atoms with Crippen LogP contribution < -0.4 is 5.32 Å². The SMILES string of the molecule is Cc1ccc(-c2ccc(Nc3c(C#N)cnn3C)nn2)cc1. The highest BCUT2D eigenvalue weighted by Gasteiger charge is 2.09. The minimum absolute atomic E-state index is 0.465. The third kappa shape index (κ3) is 2.65. The van der Waals surface area contributed by atoms with Crippen molar-refractivity contribution >= 4 is 11.6 Å². The lowest BCUT2D eigenvalue weighted by atomic mass is 10.1. The molecule has 0 aliphatic rings. The Morgan fingerprint density at radius 3 is 2.50 bits per heavy atom. The van der Waals surface area contributed by atoms with Crippen LogP contribution in [0.25, 0.3) is 11.3 Å². The number of rotatable bonds is 3. The van der Waals surface area contributed by atoms with Gasteiger partial charge in [0.1, 0.15) is 17.5 Å². The first-order valence-corrected chi connectivity index (χ1v) is 6.77. The molecule has 6 nitrogen and oxygen atoms in total. The first-order valence-electron chi connectivity index (χ1n) is 6.77. The van der Waals surface area contributed by atoms with Gasteiger partial charge in [0.2, 0.25) is 0 Å². The van der Waals surface area contributed by atoms with Crippen LogP contribution in [0.5, 0.6) is 0 Å². The van der Waals surface area contributed by atoms with Gasteiger partial charge in [0.05, 0.1) is 11.9 Å². The summed E-state index contributed by atoms with van der Waals surface area (Å²) >= 11 is 0. The summed E-state index contributed by atoms with van der Waals surface area (Å²) in [5.74, 6) is 1.16. The van der Waals surface area contributed by atoms with Crippen molar-refractivity contribution < 1.29 is 0 Å². The zero-order valence-electron chi connectivity index (χ0n) is 12.3. The second-order valence-electron chi connectivity index (χ2n) is 4.94. The van der Waals surface area contributed by atoms with E-state index in [0.29, 0.717) is 17.2 Å². The predicted octanol–water partition coefficient (Wildman–Crippen LogP) is 2.80. The fourth-order valence-corrected chi connectivity index (χ4v) is 2.07. The van der Waals surface area contributed by atoms with Gasteiger partial charge < -0.3 is 5.32 Å². The molecule has 0 fully saturated rings. The highest BCUT2D eigenvalue weighted by molar-refractivity contribution is 5.63. The van der Waals surface area contributed by atoms with Crippen molar-refractivity contribution in [3.05, 3.63) is 53.7 Å². The summed E-state index contributed by atoms with van der Waals surface area (Å²) in [4.78, 5) is 0. The van der Waals surface area contributed by atoms with Crippen LogP contribution in [0.3, 0.4) is 0 Å². The summed E-state index contributed by atoms with van der Waals surface area (Å²) in [7, 11) is 1.76.